The molecule has 2 aromatic carbocycles. The summed E-state index contributed by atoms with van der Waals surface area (Å²) in [6, 6.07) is 9.08. The zero-order chi connectivity index (χ0) is 22.2. The maximum Gasteiger partial charge on any atom is 0.339 e. The van der Waals surface area contributed by atoms with Crippen molar-refractivity contribution in [3.8, 4) is 0 Å². The van der Waals surface area contributed by atoms with Gasteiger partial charge in [0.2, 0.25) is 0 Å². The number of rotatable bonds is 5. The number of ether oxygens (including phenoxy) is 1. The SMILES string of the molecule is CC(=O)Nc1ccc([As](=O)(O)OO)cc1.COC(=O)c1cc([N+](=O)[O-])ccc1Cl. The van der Waals surface area contributed by atoms with Crippen LogP contribution in [0.5, 0.6) is 0 Å². The van der Waals surface area contributed by atoms with Crippen LogP contribution in [0.4, 0.5) is 11.4 Å². The van der Waals surface area contributed by atoms with Gasteiger partial charge in [-0.2, -0.15) is 0 Å². The Hall–Kier alpha value is -2.69. The van der Waals surface area contributed by atoms with E-state index in [1.807, 2.05) is 0 Å². The van der Waals surface area contributed by atoms with Crippen molar-refractivity contribution in [2.75, 3.05) is 12.4 Å². The van der Waals surface area contributed by atoms with Crippen LogP contribution in [0.25, 0.3) is 0 Å². The summed E-state index contributed by atoms with van der Waals surface area (Å²) in [4.78, 5) is 31.5. The summed E-state index contributed by atoms with van der Waals surface area (Å²) < 4.78 is 28.2. The molecule has 1 amide bonds. The Labute approximate surface area is 172 Å². The molecule has 156 valence electrons. The van der Waals surface area contributed by atoms with Crippen molar-refractivity contribution in [2.24, 2.45) is 0 Å². The number of hydrogen-bond donors (Lipinski definition) is 3. The van der Waals surface area contributed by atoms with Crippen molar-refractivity contribution in [1.29, 1.82) is 0 Å². The van der Waals surface area contributed by atoms with Gasteiger partial charge in [0, 0.05) is 12.1 Å². The van der Waals surface area contributed by atoms with Crippen LogP contribution in [0, 0.1) is 10.1 Å². The number of non-ortho nitro benzene ring substituents is 1. The van der Waals surface area contributed by atoms with Gasteiger partial charge in [-0.25, -0.2) is 4.79 Å². The number of halogens is 1. The number of carbonyl (C=O) groups is 2. The maximum absolute atomic E-state index is 11.2. The Morgan fingerprint density at radius 1 is 1.21 bits per heavy atom. The molecule has 0 radical (unpaired) electrons. The molecule has 0 saturated heterocycles. The molecule has 0 fully saturated rings. The fourth-order valence-electron chi connectivity index (χ4n) is 1.88. The van der Waals surface area contributed by atoms with Gasteiger partial charge in [0.15, 0.2) is 0 Å². The predicted octanol–water partition coefficient (Wildman–Crippen LogP) is 1.74. The van der Waals surface area contributed by atoms with Gasteiger partial charge >= 0.3 is 94.4 Å². The molecule has 0 heterocycles. The number of nitro groups is 1. The van der Waals surface area contributed by atoms with Crippen LogP contribution in [0.2, 0.25) is 5.02 Å². The van der Waals surface area contributed by atoms with Crippen LogP contribution in [0.15, 0.2) is 42.5 Å². The van der Waals surface area contributed by atoms with E-state index in [4.69, 9.17) is 21.0 Å². The molecular formula is C16H16AsClN2O9. The summed E-state index contributed by atoms with van der Waals surface area (Å²) in [5.41, 5.74) is 0.290. The van der Waals surface area contributed by atoms with Crippen molar-refractivity contribution in [2.45, 2.75) is 6.92 Å². The summed E-state index contributed by atoms with van der Waals surface area (Å²) in [5, 5.41) is 21.2. The van der Waals surface area contributed by atoms with E-state index in [-0.39, 0.29) is 26.5 Å². The first-order valence-corrected chi connectivity index (χ1v) is 11.3. The van der Waals surface area contributed by atoms with E-state index in [0.717, 1.165) is 6.07 Å². The zero-order valence-corrected chi connectivity index (χ0v) is 17.7. The number of anilines is 1. The van der Waals surface area contributed by atoms with E-state index < -0.39 is 25.1 Å². The van der Waals surface area contributed by atoms with E-state index in [2.05, 4.69) is 13.9 Å². The number of hydrogen-bond acceptors (Lipinski definition) is 8. The van der Waals surface area contributed by atoms with Gasteiger partial charge in [-0.05, 0) is 6.07 Å². The van der Waals surface area contributed by atoms with Gasteiger partial charge in [0.05, 0.1) is 22.6 Å². The Morgan fingerprint density at radius 2 is 1.79 bits per heavy atom. The van der Waals surface area contributed by atoms with Crippen molar-refractivity contribution in [3.63, 3.8) is 0 Å². The molecule has 1 atom stereocenters. The van der Waals surface area contributed by atoms with Crippen LogP contribution in [0.3, 0.4) is 0 Å². The first kappa shape index (κ1) is 24.3. The van der Waals surface area contributed by atoms with Crippen LogP contribution < -0.4 is 9.67 Å². The fraction of sp³-hybridized carbons (Fsp3) is 0.125. The first-order chi connectivity index (χ1) is 13.5. The van der Waals surface area contributed by atoms with Gasteiger partial charge in [0.25, 0.3) is 5.69 Å². The number of benzene rings is 2. The van der Waals surface area contributed by atoms with Crippen molar-refractivity contribution < 1.29 is 36.2 Å². The normalized spacial score (nSPS) is 12.0. The summed E-state index contributed by atoms with van der Waals surface area (Å²) >= 11 is 0.888. The number of esters is 1. The molecule has 0 spiro atoms. The predicted molar refractivity (Wildman–Crippen MR) is 102 cm³/mol. The van der Waals surface area contributed by atoms with E-state index in [0.29, 0.717) is 5.69 Å². The Bertz CT molecular complexity index is 950. The number of amides is 1. The zero-order valence-electron chi connectivity index (χ0n) is 15.1. The third-order valence-electron chi connectivity index (χ3n) is 3.19. The van der Waals surface area contributed by atoms with E-state index in [1.165, 1.54) is 50.4 Å². The number of nitrogens with one attached hydrogen (secondary N) is 1. The molecule has 0 aromatic heterocycles. The summed E-state index contributed by atoms with van der Waals surface area (Å²) in [6.07, 6.45) is 0. The van der Waals surface area contributed by atoms with Gasteiger partial charge in [-0.3, -0.25) is 10.1 Å². The average molecular weight is 491 g/mol. The average Bonchev–Trinajstić information content (AvgIpc) is 2.68. The molecule has 0 aliphatic rings. The van der Waals surface area contributed by atoms with E-state index in [9.17, 15) is 23.4 Å². The molecular weight excluding hydrogens is 475 g/mol. The molecule has 1 unspecified atom stereocenters. The molecule has 29 heavy (non-hydrogen) atoms. The Kier molecular flexibility index (Phi) is 9.02. The monoisotopic (exact) mass is 490 g/mol. The molecule has 2 rings (SSSR count). The third-order valence-corrected chi connectivity index (χ3v) is 5.98. The van der Waals surface area contributed by atoms with Crippen LogP contribution in [-0.2, 0) is 17.1 Å². The molecule has 11 nitrogen and oxygen atoms in total. The van der Waals surface area contributed by atoms with Gasteiger partial charge in [0.1, 0.15) is 0 Å². The molecule has 0 aliphatic carbocycles. The third kappa shape index (κ3) is 7.33. The van der Waals surface area contributed by atoms with Crippen molar-refractivity contribution in [1.82, 2.24) is 0 Å². The van der Waals surface area contributed by atoms with E-state index >= 15 is 0 Å². The minimum atomic E-state index is -4.76. The second-order valence-electron chi connectivity index (χ2n) is 5.24. The Balaban J connectivity index is 0.000000291. The largest absolute Gasteiger partial charge is 0.465 e. The molecule has 0 bridgehead atoms. The van der Waals surface area contributed by atoms with Gasteiger partial charge < -0.3 is 4.74 Å². The van der Waals surface area contributed by atoms with E-state index in [1.54, 1.807) is 0 Å². The molecule has 2 aromatic rings. The number of carbonyl (C=O) groups excluding carboxylic acids is 2. The first-order valence-electron chi connectivity index (χ1n) is 7.58. The molecule has 13 heteroatoms. The summed E-state index contributed by atoms with van der Waals surface area (Å²) in [6.45, 7) is 1.35. The summed E-state index contributed by atoms with van der Waals surface area (Å²) in [7, 11) is 1.18. The quantitative estimate of drug-likeness (QED) is 0.186. The maximum atomic E-state index is 11.2. The standard InChI is InChI=1S/C8H10AsNO5.C8H6ClNO4/c1-6(11)10-8-4-2-7(3-5-8)9(12,13)15-14;1-14-8(11)6-4-5(10(12)13)2-3-7(6)9/h2-5,14H,1H3,(H,10,11)(H,12,13);2-4H,1H3. The Morgan fingerprint density at radius 3 is 2.24 bits per heavy atom. The number of nitrogens with zero attached hydrogens (tertiary/aromatic N) is 1. The molecule has 0 aliphatic heterocycles. The molecule has 3 N–H and O–H groups in total. The van der Waals surface area contributed by atoms with Crippen molar-refractivity contribution >= 4 is 53.4 Å². The second-order valence-corrected chi connectivity index (χ2v) is 9.26. The summed E-state index contributed by atoms with van der Waals surface area (Å²) in [5.74, 6) is -0.933. The second kappa shape index (κ2) is 10.7. The van der Waals surface area contributed by atoms with Gasteiger partial charge in [-0.1, -0.05) is 11.6 Å². The smallest absolute Gasteiger partial charge is 0.339 e. The van der Waals surface area contributed by atoms with Crippen LogP contribution in [-0.4, -0.2) is 47.4 Å². The molecule has 0 saturated carbocycles. The topological polar surface area (TPSA) is 165 Å². The van der Waals surface area contributed by atoms with Crippen LogP contribution >= 0.6 is 11.6 Å². The minimum absolute atomic E-state index is 0.00438. The fourth-order valence-corrected chi connectivity index (χ4v) is 3.37. The van der Waals surface area contributed by atoms with Gasteiger partial charge in [-0.15, -0.1) is 0 Å². The van der Waals surface area contributed by atoms with Crippen molar-refractivity contribution in [3.05, 3.63) is 63.2 Å². The number of nitro benzene ring substituents is 1. The minimum Gasteiger partial charge on any atom is -0.465 e. The number of methoxy groups -OCH3 is 1. The van der Waals surface area contributed by atoms with Crippen LogP contribution in [0.1, 0.15) is 17.3 Å².